The molecule has 0 aliphatic carbocycles. The van der Waals surface area contributed by atoms with E-state index < -0.39 is 30.3 Å². The molecule has 1 N–H and O–H groups in total. The highest BCUT2D eigenvalue weighted by atomic mass is 16.7. The number of hydrogen-bond acceptors (Lipinski definition) is 7. The van der Waals surface area contributed by atoms with Gasteiger partial charge in [0, 0.05) is 12.8 Å². The molecule has 0 aromatic rings. The van der Waals surface area contributed by atoms with Crippen LogP contribution < -0.4 is 0 Å². The Morgan fingerprint density at radius 3 is 1.19 bits per heavy atom. The maximum absolute atomic E-state index is 12.8. The number of ether oxygens (including phenoxy) is 4. The molecule has 0 rings (SSSR count). The zero-order valence-corrected chi connectivity index (χ0v) is 44.2. The van der Waals surface area contributed by atoms with E-state index in [-0.39, 0.29) is 32.7 Å². The molecule has 0 aliphatic heterocycles. The first-order valence-electron chi connectivity index (χ1n) is 26.7. The Hall–Kier alpha value is -4.31. The molecule has 2 unspecified atom stereocenters. The monoisotopic (exact) mass is 961 g/mol. The Morgan fingerprint density at radius 2 is 0.783 bits per heavy atom. The lowest BCUT2D eigenvalue weighted by molar-refractivity contribution is -0.870. The van der Waals surface area contributed by atoms with Crippen molar-refractivity contribution in [2.45, 2.75) is 193 Å². The number of carboxylic acids is 1. The molecule has 0 radical (unpaired) electrons. The van der Waals surface area contributed by atoms with Crippen LogP contribution in [-0.2, 0) is 33.3 Å². The summed E-state index contributed by atoms with van der Waals surface area (Å²) in [6.07, 6.45) is 67.0. The quantitative estimate of drug-likeness (QED) is 0.0211. The fraction of sp³-hybridized carbons (Fsp3) is 0.617. The van der Waals surface area contributed by atoms with Crippen LogP contribution in [0.2, 0.25) is 0 Å². The molecule has 0 bridgehead atoms. The Labute approximate surface area is 421 Å². The zero-order valence-electron chi connectivity index (χ0n) is 44.2. The van der Waals surface area contributed by atoms with Crippen molar-refractivity contribution >= 4 is 17.9 Å². The number of nitrogens with zero attached hydrogens (tertiary/aromatic N) is 1. The smallest absolute Gasteiger partial charge is 0.361 e. The normalized spacial score (nSPS) is 13.8. The number of allylic oxidation sites excluding steroid dienone is 20. The summed E-state index contributed by atoms with van der Waals surface area (Å²) in [7, 11) is 5.94. The van der Waals surface area contributed by atoms with E-state index in [0.29, 0.717) is 23.9 Å². The largest absolute Gasteiger partial charge is 0.477 e. The molecule has 0 saturated carbocycles. The topological polar surface area (TPSA) is 108 Å². The van der Waals surface area contributed by atoms with Crippen LogP contribution in [0, 0.1) is 0 Å². The number of unbranched alkanes of at least 4 members (excludes halogenated alkanes) is 12. The highest BCUT2D eigenvalue weighted by Crippen LogP contribution is 2.14. The van der Waals surface area contributed by atoms with Gasteiger partial charge in [-0.05, 0) is 103 Å². The van der Waals surface area contributed by atoms with Crippen molar-refractivity contribution in [3.63, 3.8) is 0 Å². The van der Waals surface area contributed by atoms with Crippen molar-refractivity contribution < 1.29 is 42.9 Å². The van der Waals surface area contributed by atoms with Crippen molar-refractivity contribution in [2.24, 2.45) is 0 Å². The van der Waals surface area contributed by atoms with Gasteiger partial charge in [-0.1, -0.05) is 187 Å². The van der Waals surface area contributed by atoms with E-state index in [2.05, 4.69) is 135 Å². The van der Waals surface area contributed by atoms with Crippen LogP contribution in [0.5, 0.6) is 0 Å². The molecule has 0 heterocycles. The molecule has 9 heteroatoms. The standard InChI is InChI=1S/C60H97NO8/c1-6-8-10-12-14-16-18-20-22-23-24-25-26-27-28-29-30-31-32-33-34-35-37-39-41-43-45-47-49-51-58(63)69-56(55-68-60(59(64)65)66-53-52-61(3,4)5)54-67-57(62)50-48-46-44-42-40-38-36-21-19-17-15-13-11-9-7-2/h8-11,14-17,20-22,24-25,27-28,30-31,36,40,42,56,60H,6-7,12-13,18-19,23,26,29,32-35,37-39,41,43-55H2,1-5H3/p+1/b10-8-,11-9-,16-14-,17-15-,22-20-,25-24-,28-27-,31-30-,36-21-,42-40-. The van der Waals surface area contributed by atoms with Crippen molar-refractivity contribution in [2.75, 3.05) is 47.5 Å². The molecule has 0 fully saturated rings. The van der Waals surface area contributed by atoms with Gasteiger partial charge in [-0.15, -0.1) is 0 Å². The zero-order chi connectivity index (χ0) is 50.6. The highest BCUT2D eigenvalue weighted by Gasteiger charge is 2.25. The highest BCUT2D eigenvalue weighted by molar-refractivity contribution is 5.71. The molecular weight excluding hydrogens is 863 g/mol. The molecule has 2 atom stereocenters. The number of likely N-dealkylation sites (N-methyl/N-ethyl adjacent to an activating group) is 1. The van der Waals surface area contributed by atoms with E-state index in [9.17, 15) is 19.5 Å². The maximum Gasteiger partial charge on any atom is 0.361 e. The van der Waals surface area contributed by atoms with E-state index in [0.717, 1.165) is 103 Å². The molecule has 0 aromatic heterocycles. The predicted octanol–water partition coefficient (Wildman–Crippen LogP) is 15.3. The van der Waals surface area contributed by atoms with Crippen molar-refractivity contribution in [3.05, 3.63) is 122 Å². The Morgan fingerprint density at radius 1 is 0.435 bits per heavy atom. The van der Waals surface area contributed by atoms with Gasteiger partial charge in [0.2, 0.25) is 0 Å². The van der Waals surface area contributed by atoms with Gasteiger partial charge in [0.1, 0.15) is 13.2 Å². The molecule has 0 aliphatic rings. The van der Waals surface area contributed by atoms with E-state index in [4.69, 9.17) is 18.9 Å². The van der Waals surface area contributed by atoms with Gasteiger partial charge in [0.25, 0.3) is 6.29 Å². The van der Waals surface area contributed by atoms with Gasteiger partial charge >= 0.3 is 17.9 Å². The molecule has 0 aromatic carbocycles. The number of quaternary nitrogens is 1. The van der Waals surface area contributed by atoms with E-state index in [1.54, 1.807) is 0 Å². The van der Waals surface area contributed by atoms with Gasteiger partial charge in [-0.2, -0.15) is 0 Å². The lowest BCUT2D eigenvalue weighted by Crippen LogP contribution is -2.40. The summed E-state index contributed by atoms with van der Waals surface area (Å²) in [6.45, 7) is 4.57. The maximum atomic E-state index is 12.8. The summed E-state index contributed by atoms with van der Waals surface area (Å²) in [5.74, 6) is -2.08. The predicted molar refractivity (Wildman–Crippen MR) is 290 cm³/mol. The van der Waals surface area contributed by atoms with Crippen molar-refractivity contribution in [1.82, 2.24) is 0 Å². The first kappa shape index (κ1) is 64.7. The number of aliphatic carboxylic acids is 1. The van der Waals surface area contributed by atoms with Crippen LogP contribution in [0.3, 0.4) is 0 Å². The average molecular weight is 961 g/mol. The number of carbonyl (C=O) groups excluding carboxylic acids is 2. The number of esters is 2. The van der Waals surface area contributed by atoms with E-state index in [1.165, 1.54) is 38.5 Å². The molecule has 9 nitrogen and oxygen atoms in total. The summed E-state index contributed by atoms with van der Waals surface area (Å²) in [5.41, 5.74) is 0. The fourth-order valence-electron chi connectivity index (χ4n) is 6.65. The average Bonchev–Trinajstić information content (AvgIpc) is 3.31. The molecular formula is C60H98NO8+. The minimum Gasteiger partial charge on any atom is -0.477 e. The van der Waals surface area contributed by atoms with Crippen LogP contribution in [0.4, 0.5) is 0 Å². The van der Waals surface area contributed by atoms with Crippen LogP contribution in [0.1, 0.15) is 181 Å². The number of carbonyl (C=O) groups is 3. The number of rotatable bonds is 47. The first-order valence-corrected chi connectivity index (χ1v) is 26.7. The third-order valence-corrected chi connectivity index (χ3v) is 10.7. The molecule has 69 heavy (non-hydrogen) atoms. The second-order valence-corrected chi connectivity index (χ2v) is 18.4. The van der Waals surface area contributed by atoms with Crippen LogP contribution in [0.25, 0.3) is 0 Å². The van der Waals surface area contributed by atoms with Gasteiger partial charge in [-0.3, -0.25) is 9.59 Å². The fourth-order valence-corrected chi connectivity index (χ4v) is 6.65. The second-order valence-electron chi connectivity index (χ2n) is 18.4. The number of hydrogen-bond donors (Lipinski definition) is 1. The summed E-state index contributed by atoms with van der Waals surface area (Å²) in [5, 5.41) is 9.68. The minimum atomic E-state index is -1.53. The minimum absolute atomic E-state index is 0.173. The van der Waals surface area contributed by atoms with Crippen LogP contribution in [0.15, 0.2) is 122 Å². The lowest BCUT2D eigenvalue weighted by atomic mass is 10.0. The first-order chi connectivity index (χ1) is 33.6. The second kappa shape index (κ2) is 50.1. The van der Waals surface area contributed by atoms with Gasteiger partial charge in [-0.25, -0.2) is 4.79 Å². The SMILES string of the molecule is CC/C=C\C/C=C\C/C=C\C/C=C\C/C=C\C/C=C\CCCCCCCCCCCCC(=O)OC(COC(=O)CCCC/C=C\C/C=C\C/C=C\C/C=C\CC)COC(OCC[N+](C)(C)C)C(=O)O. The van der Waals surface area contributed by atoms with Gasteiger partial charge in [0.05, 0.1) is 34.4 Å². The van der Waals surface area contributed by atoms with E-state index in [1.807, 2.05) is 21.1 Å². The summed E-state index contributed by atoms with van der Waals surface area (Å²) in [6, 6.07) is 0. The molecule has 390 valence electrons. The third-order valence-electron chi connectivity index (χ3n) is 10.7. The third kappa shape index (κ3) is 51.4. The molecule has 0 saturated heterocycles. The Kier molecular flexibility index (Phi) is 47.0. The van der Waals surface area contributed by atoms with Crippen LogP contribution >= 0.6 is 0 Å². The van der Waals surface area contributed by atoms with Gasteiger partial charge in [0.15, 0.2) is 6.10 Å². The summed E-state index contributed by atoms with van der Waals surface area (Å²) >= 11 is 0. The van der Waals surface area contributed by atoms with E-state index >= 15 is 0 Å². The summed E-state index contributed by atoms with van der Waals surface area (Å²) < 4.78 is 22.8. The van der Waals surface area contributed by atoms with Gasteiger partial charge < -0.3 is 28.5 Å². The van der Waals surface area contributed by atoms with Crippen molar-refractivity contribution in [3.8, 4) is 0 Å². The van der Waals surface area contributed by atoms with Crippen molar-refractivity contribution in [1.29, 1.82) is 0 Å². The Balaban J connectivity index is 4.33. The summed E-state index contributed by atoms with van der Waals surface area (Å²) in [4.78, 5) is 37.3. The Bertz CT molecular complexity index is 1540. The van der Waals surface area contributed by atoms with Crippen LogP contribution in [-0.4, -0.2) is 87.4 Å². The molecule has 0 amide bonds. The molecule has 0 spiro atoms. The lowest BCUT2D eigenvalue weighted by Gasteiger charge is -2.25. The number of carboxylic acid groups (broad SMARTS) is 1.